The fourth-order valence-corrected chi connectivity index (χ4v) is 3.78. The summed E-state index contributed by atoms with van der Waals surface area (Å²) in [4.78, 5) is 44.1. The van der Waals surface area contributed by atoms with E-state index in [1.54, 1.807) is 35.7 Å². The lowest BCUT2D eigenvalue weighted by molar-refractivity contribution is -0.129. The average Bonchev–Trinajstić information content (AvgIpc) is 3.26. The van der Waals surface area contributed by atoms with Crippen molar-refractivity contribution in [3.63, 3.8) is 0 Å². The topological polar surface area (TPSA) is 82.6 Å². The Balaban J connectivity index is 1.61. The maximum Gasteiger partial charge on any atom is 0.246 e. The molecule has 0 bridgehead atoms. The monoisotopic (exact) mass is 458 g/mol. The van der Waals surface area contributed by atoms with Gasteiger partial charge in [-0.15, -0.1) is 17.8 Å². The number of likely N-dealkylation sites (N-methyl/N-ethyl adjacent to an activating group) is 1. The molecule has 1 aromatic heterocycles. The first-order valence-corrected chi connectivity index (χ1v) is 10.9. The molecule has 1 N–H and O–H groups in total. The Kier molecular flexibility index (Phi) is 7.73. The lowest BCUT2D eigenvalue weighted by Gasteiger charge is -2.17. The molecule has 0 fully saturated rings. The number of hydrogen-bond donors (Lipinski definition) is 1. The van der Waals surface area contributed by atoms with Gasteiger partial charge in [-0.3, -0.25) is 19.3 Å². The van der Waals surface area contributed by atoms with Gasteiger partial charge in [-0.25, -0.2) is 4.98 Å². The number of carbonyl (C=O) groups excluding carboxylic acids is 3. The standard InChI is InChI=1S/C25H22N4O3S/c1-4-19-9-8-10-20(15-19)26-23(31)16-28(3)24(32)14-13-21-17-33-25(27-21)29(18(2)30)22-11-6-5-7-12-22/h1,5-15,17H,16H2,2-3H3,(H,26,31)/b14-13+. The first-order valence-electron chi connectivity index (χ1n) is 9.98. The van der Waals surface area contributed by atoms with E-state index in [1.807, 2.05) is 30.3 Å². The van der Waals surface area contributed by atoms with Crippen LogP contribution in [0.5, 0.6) is 0 Å². The van der Waals surface area contributed by atoms with E-state index in [0.717, 1.165) is 0 Å². The minimum Gasteiger partial charge on any atom is -0.333 e. The molecule has 0 spiro atoms. The number of hydrogen-bond acceptors (Lipinski definition) is 5. The van der Waals surface area contributed by atoms with Gasteiger partial charge in [0, 0.05) is 36.7 Å². The Hall–Kier alpha value is -4.22. The van der Waals surface area contributed by atoms with Gasteiger partial charge in [0.25, 0.3) is 0 Å². The van der Waals surface area contributed by atoms with Crippen molar-refractivity contribution >= 4 is 51.6 Å². The van der Waals surface area contributed by atoms with Gasteiger partial charge in [0.1, 0.15) is 0 Å². The van der Waals surface area contributed by atoms with Gasteiger partial charge < -0.3 is 10.2 Å². The summed E-state index contributed by atoms with van der Waals surface area (Å²) in [5, 5.41) is 4.97. The number of benzene rings is 2. The molecule has 0 aliphatic carbocycles. The van der Waals surface area contributed by atoms with E-state index < -0.39 is 0 Å². The molecule has 0 saturated carbocycles. The smallest absolute Gasteiger partial charge is 0.246 e. The van der Waals surface area contributed by atoms with Crippen molar-refractivity contribution < 1.29 is 14.4 Å². The van der Waals surface area contributed by atoms with Crippen LogP contribution in [0.4, 0.5) is 16.5 Å². The van der Waals surface area contributed by atoms with Crippen molar-refractivity contribution in [1.82, 2.24) is 9.88 Å². The first kappa shape index (κ1) is 23.4. The zero-order chi connectivity index (χ0) is 23.8. The summed E-state index contributed by atoms with van der Waals surface area (Å²) in [5.41, 5.74) is 2.47. The normalized spacial score (nSPS) is 10.5. The number of nitrogens with one attached hydrogen (secondary N) is 1. The van der Waals surface area contributed by atoms with Gasteiger partial charge in [0.05, 0.1) is 17.9 Å². The van der Waals surface area contributed by atoms with Crippen molar-refractivity contribution in [2.45, 2.75) is 6.92 Å². The number of amides is 3. The number of aromatic nitrogens is 1. The molecular formula is C25H22N4O3S. The van der Waals surface area contributed by atoms with E-state index >= 15 is 0 Å². The number of terminal acetylenes is 1. The van der Waals surface area contributed by atoms with E-state index in [2.05, 4.69) is 16.2 Å². The molecular weight excluding hydrogens is 436 g/mol. The fourth-order valence-electron chi connectivity index (χ4n) is 2.92. The largest absolute Gasteiger partial charge is 0.333 e. The molecule has 3 amide bonds. The van der Waals surface area contributed by atoms with Crippen molar-refractivity contribution in [2.75, 3.05) is 23.8 Å². The molecule has 33 heavy (non-hydrogen) atoms. The Morgan fingerprint density at radius 3 is 2.61 bits per heavy atom. The SMILES string of the molecule is C#Cc1cccc(NC(=O)CN(C)C(=O)/C=C/c2csc(N(C(C)=O)c3ccccc3)n2)c1. The van der Waals surface area contributed by atoms with Gasteiger partial charge in [-0.1, -0.05) is 30.2 Å². The average molecular weight is 459 g/mol. The van der Waals surface area contributed by atoms with E-state index in [-0.39, 0.29) is 24.3 Å². The minimum atomic E-state index is -0.358. The van der Waals surface area contributed by atoms with E-state index in [9.17, 15) is 14.4 Å². The second-order valence-corrected chi connectivity index (χ2v) is 7.88. The van der Waals surface area contributed by atoms with Crippen LogP contribution in [-0.2, 0) is 14.4 Å². The molecule has 166 valence electrons. The molecule has 0 aliphatic rings. The highest BCUT2D eigenvalue weighted by atomic mass is 32.1. The highest BCUT2D eigenvalue weighted by molar-refractivity contribution is 7.14. The van der Waals surface area contributed by atoms with Gasteiger partial charge in [0.15, 0.2) is 5.13 Å². The van der Waals surface area contributed by atoms with Crippen LogP contribution in [0, 0.1) is 12.3 Å². The molecule has 3 aromatic rings. The Morgan fingerprint density at radius 1 is 1.15 bits per heavy atom. The highest BCUT2D eigenvalue weighted by Crippen LogP contribution is 2.29. The lowest BCUT2D eigenvalue weighted by atomic mass is 10.2. The van der Waals surface area contributed by atoms with Crippen molar-refractivity contribution in [3.05, 3.63) is 77.3 Å². The second kappa shape index (κ2) is 10.9. The number of rotatable bonds is 7. The predicted molar refractivity (Wildman–Crippen MR) is 131 cm³/mol. The van der Waals surface area contributed by atoms with Crippen LogP contribution in [0.15, 0.2) is 66.1 Å². The first-order chi connectivity index (χ1) is 15.9. The van der Waals surface area contributed by atoms with Crippen LogP contribution in [-0.4, -0.2) is 41.2 Å². The quantitative estimate of drug-likeness (QED) is 0.430. The van der Waals surface area contributed by atoms with Gasteiger partial charge >= 0.3 is 0 Å². The summed E-state index contributed by atoms with van der Waals surface area (Å²) < 4.78 is 0. The number of nitrogens with zero attached hydrogens (tertiary/aromatic N) is 3. The van der Waals surface area contributed by atoms with Gasteiger partial charge in [0.2, 0.25) is 17.7 Å². The van der Waals surface area contributed by atoms with Crippen LogP contribution >= 0.6 is 11.3 Å². The summed E-state index contributed by atoms with van der Waals surface area (Å²) in [6.07, 6.45) is 8.26. The summed E-state index contributed by atoms with van der Waals surface area (Å²) in [5.74, 6) is 1.64. The maximum atomic E-state index is 12.4. The van der Waals surface area contributed by atoms with Crippen molar-refractivity contribution in [2.24, 2.45) is 0 Å². The van der Waals surface area contributed by atoms with Crippen LogP contribution in [0.25, 0.3) is 6.08 Å². The van der Waals surface area contributed by atoms with E-state index in [0.29, 0.717) is 27.8 Å². The molecule has 0 aliphatic heterocycles. The molecule has 1 heterocycles. The zero-order valence-corrected chi connectivity index (χ0v) is 19.0. The number of carbonyl (C=O) groups is 3. The Morgan fingerprint density at radius 2 is 1.91 bits per heavy atom. The molecule has 7 nitrogen and oxygen atoms in total. The molecule has 0 saturated heterocycles. The number of para-hydroxylation sites is 1. The number of anilines is 3. The molecule has 2 aromatic carbocycles. The minimum absolute atomic E-state index is 0.127. The predicted octanol–water partition coefficient (Wildman–Crippen LogP) is 3.92. The van der Waals surface area contributed by atoms with Crippen molar-refractivity contribution in [3.8, 4) is 12.3 Å². The highest BCUT2D eigenvalue weighted by Gasteiger charge is 2.17. The van der Waals surface area contributed by atoms with Crippen LogP contribution < -0.4 is 10.2 Å². The van der Waals surface area contributed by atoms with E-state index in [1.165, 1.54) is 41.2 Å². The fraction of sp³-hybridized carbons (Fsp3) is 0.120. The summed E-state index contributed by atoms with van der Waals surface area (Å²) in [6.45, 7) is 1.34. The van der Waals surface area contributed by atoms with Crippen molar-refractivity contribution in [1.29, 1.82) is 0 Å². The van der Waals surface area contributed by atoms with E-state index in [4.69, 9.17) is 6.42 Å². The molecule has 0 radical (unpaired) electrons. The van der Waals surface area contributed by atoms with Crippen LogP contribution in [0.2, 0.25) is 0 Å². The maximum absolute atomic E-state index is 12.4. The molecule has 8 heteroatoms. The zero-order valence-electron chi connectivity index (χ0n) is 18.2. The summed E-state index contributed by atoms with van der Waals surface area (Å²) >= 11 is 1.30. The second-order valence-electron chi connectivity index (χ2n) is 7.05. The van der Waals surface area contributed by atoms with Crippen LogP contribution in [0.1, 0.15) is 18.2 Å². The number of thiazole rings is 1. The van der Waals surface area contributed by atoms with Gasteiger partial charge in [-0.05, 0) is 36.4 Å². The Bertz CT molecular complexity index is 1230. The third-order valence-corrected chi connectivity index (χ3v) is 5.34. The molecule has 3 rings (SSSR count). The molecule has 0 unspecified atom stereocenters. The summed E-state index contributed by atoms with van der Waals surface area (Å²) in [7, 11) is 1.53. The summed E-state index contributed by atoms with van der Waals surface area (Å²) in [6, 6.07) is 16.1. The molecule has 0 atom stereocenters. The van der Waals surface area contributed by atoms with Crippen LogP contribution in [0.3, 0.4) is 0 Å². The third kappa shape index (κ3) is 6.38. The Labute approximate surface area is 196 Å². The van der Waals surface area contributed by atoms with Gasteiger partial charge in [-0.2, -0.15) is 0 Å². The third-order valence-electron chi connectivity index (χ3n) is 4.50. The lowest BCUT2D eigenvalue weighted by Crippen LogP contribution is -2.33.